The summed E-state index contributed by atoms with van der Waals surface area (Å²) in [5, 5.41) is 8.70. The maximum Gasteiger partial charge on any atom is 0.150 e. The molecular weight excluding hydrogens is 226 g/mol. The van der Waals surface area contributed by atoms with E-state index in [1.165, 1.54) is 0 Å². The summed E-state index contributed by atoms with van der Waals surface area (Å²) < 4.78 is 5.68. The molecule has 0 bridgehead atoms. The van der Waals surface area contributed by atoms with Crippen molar-refractivity contribution < 1.29 is 9.53 Å². The lowest BCUT2D eigenvalue weighted by atomic mass is 10.1. The predicted octanol–water partition coefficient (Wildman–Crippen LogP) is 3.47. The Morgan fingerprint density at radius 2 is 1.89 bits per heavy atom. The van der Waals surface area contributed by atoms with Gasteiger partial charge < -0.3 is 4.74 Å². The molecule has 0 amide bonds. The number of benzene rings is 2. The van der Waals surface area contributed by atoms with Crippen molar-refractivity contribution in [3.05, 3.63) is 59.2 Å². The second-order valence-electron chi connectivity index (χ2n) is 3.88. The van der Waals surface area contributed by atoms with Gasteiger partial charge in [0.1, 0.15) is 17.8 Å². The fraction of sp³-hybridized carbons (Fsp3) is 0.0667. The van der Waals surface area contributed by atoms with Crippen molar-refractivity contribution in [2.24, 2.45) is 0 Å². The highest BCUT2D eigenvalue weighted by Gasteiger charge is 2.03. The number of nitrogens with zero attached hydrogens (tertiary/aromatic N) is 1. The average Bonchev–Trinajstić information content (AvgIpc) is 2.42. The summed E-state index contributed by atoms with van der Waals surface area (Å²) >= 11 is 0. The van der Waals surface area contributed by atoms with Crippen LogP contribution in [-0.4, -0.2) is 6.29 Å². The van der Waals surface area contributed by atoms with Crippen LogP contribution < -0.4 is 4.74 Å². The van der Waals surface area contributed by atoms with Crippen LogP contribution in [0.25, 0.3) is 0 Å². The molecule has 0 aliphatic carbocycles. The minimum absolute atomic E-state index is 0.573. The number of aldehydes is 1. The van der Waals surface area contributed by atoms with Crippen LogP contribution in [0.5, 0.6) is 11.5 Å². The summed E-state index contributed by atoms with van der Waals surface area (Å²) in [6.07, 6.45) is 0.783. The molecule has 3 nitrogen and oxygen atoms in total. The maximum absolute atomic E-state index is 10.7. The molecule has 0 radical (unpaired) electrons. The first-order valence-electron chi connectivity index (χ1n) is 5.47. The van der Waals surface area contributed by atoms with Gasteiger partial charge in [0.2, 0.25) is 0 Å². The van der Waals surface area contributed by atoms with Crippen LogP contribution in [0.2, 0.25) is 0 Å². The Morgan fingerprint density at radius 3 is 2.50 bits per heavy atom. The Hall–Kier alpha value is -2.60. The molecule has 2 aromatic rings. The molecule has 88 valence electrons. The first-order valence-corrected chi connectivity index (χ1v) is 5.47. The van der Waals surface area contributed by atoms with Gasteiger partial charge in [-0.25, -0.2) is 0 Å². The van der Waals surface area contributed by atoms with E-state index in [1.807, 2.05) is 19.1 Å². The van der Waals surface area contributed by atoms with Crippen molar-refractivity contribution >= 4 is 6.29 Å². The molecular formula is C15H11NO2. The monoisotopic (exact) mass is 237 g/mol. The van der Waals surface area contributed by atoms with Gasteiger partial charge in [0.05, 0.1) is 11.6 Å². The van der Waals surface area contributed by atoms with Crippen molar-refractivity contribution in [1.82, 2.24) is 0 Å². The second-order valence-corrected chi connectivity index (χ2v) is 3.88. The smallest absolute Gasteiger partial charge is 0.150 e. The normalized spacial score (nSPS) is 9.56. The molecule has 0 aliphatic rings. The van der Waals surface area contributed by atoms with Crippen LogP contribution in [-0.2, 0) is 0 Å². The highest BCUT2D eigenvalue weighted by Crippen LogP contribution is 2.25. The molecule has 2 rings (SSSR count). The van der Waals surface area contributed by atoms with E-state index in [-0.39, 0.29) is 0 Å². The van der Waals surface area contributed by atoms with Crippen LogP contribution in [0.1, 0.15) is 21.5 Å². The lowest BCUT2D eigenvalue weighted by Gasteiger charge is -2.09. The highest BCUT2D eigenvalue weighted by atomic mass is 16.5. The highest BCUT2D eigenvalue weighted by molar-refractivity contribution is 5.76. The van der Waals surface area contributed by atoms with E-state index in [2.05, 4.69) is 0 Å². The van der Waals surface area contributed by atoms with E-state index >= 15 is 0 Å². The van der Waals surface area contributed by atoms with E-state index in [9.17, 15) is 4.79 Å². The van der Waals surface area contributed by atoms with Crippen molar-refractivity contribution in [2.75, 3.05) is 0 Å². The Balaban J connectivity index is 2.27. The molecule has 2 aromatic carbocycles. The Labute approximate surface area is 105 Å². The molecule has 0 atom stereocenters. The van der Waals surface area contributed by atoms with Crippen molar-refractivity contribution in [3.63, 3.8) is 0 Å². The number of carbonyl (C=O) groups is 1. The summed E-state index contributed by atoms with van der Waals surface area (Å²) in [5.41, 5.74) is 2.11. The summed E-state index contributed by atoms with van der Waals surface area (Å²) in [5.74, 6) is 1.28. The van der Waals surface area contributed by atoms with Gasteiger partial charge >= 0.3 is 0 Å². The van der Waals surface area contributed by atoms with Gasteiger partial charge in [-0.3, -0.25) is 4.79 Å². The third-order valence-electron chi connectivity index (χ3n) is 2.56. The number of carbonyl (C=O) groups excluding carboxylic acids is 1. The fourth-order valence-corrected chi connectivity index (χ4v) is 1.52. The van der Waals surface area contributed by atoms with Gasteiger partial charge in [-0.15, -0.1) is 0 Å². The third-order valence-corrected chi connectivity index (χ3v) is 2.56. The van der Waals surface area contributed by atoms with Crippen molar-refractivity contribution in [3.8, 4) is 17.6 Å². The van der Waals surface area contributed by atoms with Gasteiger partial charge in [-0.1, -0.05) is 12.1 Å². The standard InChI is InChI=1S/C15H11NO2/c1-11-2-3-13(10-17)8-15(11)18-14-6-4-12(9-16)5-7-14/h2-8,10H,1H3. The Morgan fingerprint density at radius 1 is 1.17 bits per heavy atom. The lowest BCUT2D eigenvalue weighted by Crippen LogP contribution is -1.90. The molecule has 0 unspecified atom stereocenters. The molecule has 18 heavy (non-hydrogen) atoms. The molecule has 0 heterocycles. The molecule has 0 spiro atoms. The summed E-state index contributed by atoms with van der Waals surface area (Å²) in [6, 6.07) is 14.2. The first-order chi connectivity index (χ1) is 8.72. The molecule has 3 heteroatoms. The lowest BCUT2D eigenvalue weighted by molar-refractivity contribution is 0.112. The van der Waals surface area contributed by atoms with Gasteiger partial charge in [0.15, 0.2) is 0 Å². The molecule has 0 fully saturated rings. The van der Waals surface area contributed by atoms with E-state index in [4.69, 9.17) is 10.00 Å². The first kappa shape index (κ1) is 11.9. The predicted molar refractivity (Wildman–Crippen MR) is 67.8 cm³/mol. The Kier molecular flexibility index (Phi) is 3.40. The number of hydrogen-bond acceptors (Lipinski definition) is 3. The third kappa shape index (κ3) is 2.55. The quantitative estimate of drug-likeness (QED) is 0.768. The zero-order chi connectivity index (χ0) is 13.0. The number of rotatable bonds is 3. The van der Waals surface area contributed by atoms with Crippen molar-refractivity contribution in [1.29, 1.82) is 5.26 Å². The minimum Gasteiger partial charge on any atom is -0.457 e. The number of aryl methyl sites for hydroxylation is 1. The zero-order valence-corrected chi connectivity index (χ0v) is 9.88. The van der Waals surface area contributed by atoms with Crippen LogP contribution in [0.4, 0.5) is 0 Å². The number of hydrogen-bond donors (Lipinski definition) is 0. The van der Waals surface area contributed by atoms with Gasteiger partial charge in [0, 0.05) is 5.56 Å². The van der Waals surface area contributed by atoms with Crippen LogP contribution in [0, 0.1) is 18.3 Å². The largest absolute Gasteiger partial charge is 0.457 e. The van der Waals surface area contributed by atoms with Crippen LogP contribution in [0.15, 0.2) is 42.5 Å². The number of nitriles is 1. The minimum atomic E-state index is 0.573. The maximum atomic E-state index is 10.7. The SMILES string of the molecule is Cc1ccc(C=O)cc1Oc1ccc(C#N)cc1. The second kappa shape index (κ2) is 5.15. The van der Waals surface area contributed by atoms with E-state index in [0.29, 0.717) is 22.6 Å². The van der Waals surface area contributed by atoms with Crippen LogP contribution >= 0.6 is 0 Å². The fourth-order valence-electron chi connectivity index (χ4n) is 1.52. The molecule has 0 aliphatic heterocycles. The topological polar surface area (TPSA) is 50.1 Å². The molecule has 0 saturated carbocycles. The van der Waals surface area contributed by atoms with Gasteiger partial charge in [-0.2, -0.15) is 5.26 Å². The number of ether oxygens (including phenoxy) is 1. The van der Waals surface area contributed by atoms with Gasteiger partial charge in [0.25, 0.3) is 0 Å². The van der Waals surface area contributed by atoms with Crippen LogP contribution in [0.3, 0.4) is 0 Å². The zero-order valence-electron chi connectivity index (χ0n) is 9.88. The van der Waals surface area contributed by atoms with Crippen molar-refractivity contribution in [2.45, 2.75) is 6.92 Å². The van der Waals surface area contributed by atoms with Gasteiger partial charge in [-0.05, 0) is 42.8 Å². The molecule has 0 saturated heterocycles. The van der Waals surface area contributed by atoms with E-state index in [1.54, 1.807) is 36.4 Å². The average molecular weight is 237 g/mol. The summed E-state index contributed by atoms with van der Waals surface area (Å²) in [6.45, 7) is 1.91. The molecule has 0 aromatic heterocycles. The summed E-state index contributed by atoms with van der Waals surface area (Å²) in [7, 11) is 0. The molecule has 0 N–H and O–H groups in total. The Bertz CT molecular complexity index is 609. The van der Waals surface area contributed by atoms with E-state index in [0.717, 1.165) is 11.8 Å². The van der Waals surface area contributed by atoms with E-state index < -0.39 is 0 Å². The summed E-state index contributed by atoms with van der Waals surface area (Å²) in [4.78, 5) is 10.7.